The Labute approximate surface area is 134 Å². The quantitative estimate of drug-likeness (QED) is 0.856. The lowest BCUT2D eigenvalue weighted by atomic mass is 10.1. The summed E-state index contributed by atoms with van der Waals surface area (Å²) in [5, 5.41) is 0. The molecular weight excluding hydrogens is 297 g/mol. The Kier molecular flexibility index (Phi) is 4.66. The van der Waals surface area contributed by atoms with Crippen LogP contribution in [0, 0.1) is 5.82 Å². The van der Waals surface area contributed by atoms with Crippen LogP contribution in [0.1, 0.15) is 12.5 Å². The van der Waals surface area contributed by atoms with E-state index in [-0.39, 0.29) is 11.9 Å². The molecule has 23 heavy (non-hydrogen) atoms. The molecule has 1 aliphatic rings. The topological polar surface area (TPSA) is 54.4 Å². The second kappa shape index (κ2) is 6.87. The number of nitrogens with zero attached hydrogens (tertiary/aromatic N) is 5. The van der Waals surface area contributed by atoms with Gasteiger partial charge in [-0.15, -0.1) is 0 Å². The average Bonchev–Trinajstić information content (AvgIpc) is 2.58. The van der Waals surface area contributed by atoms with Crippen molar-refractivity contribution in [2.75, 3.05) is 31.6 Å². The minimum Gasteiger partial charge on any atom is -0.481 e. The van der Waals surface area contributed by atoms with Gasteiger partial charge in [0, 0.05) is 56.2 Å². The van der Waals surface area contributed by atoms with Gasteiger partial charge in [0.15, 0.2) is 0 Å². The van der Waals surface area contributed by atoms with E-state index in [2.05, 4.69) is 31.7 Å². The monoisotopic (exact) mass is 317 g/mol. The van der Waals surface area contributed by atoms with E-state index in [1.54, 1.807) is 31.6 Å². The molecule has 0 N–H and O–H groups in total. The number of ether oxygens (including phenoxy) is 1. The Morgan fingerprint density at radius 1 is 1.30 bits per heavy atom. The zero-order valence-corrected chi connectivity index (χ0v) is 13.3. The second-order valence-electron chi connectivity index (χ2n) is 5.63. The molecule has 0 bridgehead atoms. The molecule has 1 aliphatic heterocycles. The smallest absolute Gasteiger partial charge is 0.228 e. The molecule has 1 saturated heterocycles. The van der Waals surface area contributed by atoms with Crippen LogP contribution < -0.4 is 9.64 Å². The minimum atomic E-state index is -0.252. The third-order valence-electron chi connectivity index (χ3n) is 4.10. The maximum absolute atomic E-state index is 13.8. The zero-order chi connectivity index (χ0) is 16.2. The maximum atomic E-state index is 13.8. The molecule has 0 saturated carbocycles. The van der Waals surface area contributed by atoms with Crippen LogP contribution >= 0.6 is 0 Å². The van der Waals surface area contributed by atoms with Crippen LogP contribution in [0.15, 0.2) is 30.7 Å². The number of rotatable bonds is 4. The molecule has 0 amide bonds. The normalized spacial score (nSPS) is 18.9. The first kappa shape index (κ1) is 15.6. The third-order valence-corrected chi connectivity index (χ3v) is 4.10. The molecule has 3 rings (SSSR count). The first-order chi connectivity index (χ1) is 11.2. The number of halogens is 1. The number of hydrogen-bond donors (Lipinski definition) is 0. The highest BCUT2D eigenvalue weighted by atomic mass is 19.1. The third kappa shape index (κ3) is 3.56. The highest BCUT2D eigenvalue weighted by molar-refractivity contribution is 5.33. The van der Waals surface area contributed by atoms with Crippen LogP contribution in [-0.4, -0.2) is 52.6 Å². The largest absolute Gasteiger partial charge is 0.481 e. The summed E-state index contributed by atoms with van der Waals surface area (Å²) in [6, 6.07) is 3.74. The van der Waals surface area contributed by atoms with Crippen molar-refractivity contribution in [2.45, 2.75) is 19.5 Å². The van der Waals surface area contributed by atoms with E-state index in [1.165, 1.54) is 6.20 Å². The highest BCUT2D eigenvalue weighted by Crippen LogP contribution is 2.19. The summed E-state index contributed by atoms with van der Waals surface area (Å²) < 4.78 is 18.9. The molecule has 7 heteroatoms. The van der Waals surface area contributed by atoms with Gasteiger partial charge < -0.3 is 9.64 Å². The molecule has 0 aliphatic carbocycles. The van der Waals surface area contributed by atoms with Crippen LogP contribution in [0.4, 0.5) is 10.3 Å². The first-order valence-electron chi connectivity index (χ1n) is 7.62. The van der Waals surface area contributed by atoms with Crippen molar-refractivity contribution in [2.24, 2.45) is 0 Å². The molecule has 2 aromatic rings. The van der Waals surface area contributed by atoms with Crippen LogP contribution in [0.25, 0.3) is 0 Å². The van der Waals surface area contributed by atoms with Gasteiger partial charge >= 0.3 is 0 Å². The van der Waals surface area contributed by atoms with E-state index in [9.17, 15) is 4.39 Å². The van der Waals surface area contributed by atoms with E-state index in [0.717, 1.165) is 19.6 Å². The summed E-state index contributed by atoms with van der Waals surface area (Å²) in [5.74, 6) is 0.980. The van der Waals surface area contributed by atoms with Gasteiger partial charge in [-0.05, 0) is 13.0 Å². The SMILES string of the molecule is COc1ccnc(N2CCN(Cc3ccncc3F)C(C)C2)n1. The van der Waals surface area contributed by atoms with Gasteiger partial charge in [0.2, 0.25) is 11.8 Å². The second-order valence-corrected chi connectivity index (χ2v) is 5.63. The van der Waals surface area contributed by atoms with Crippen LogP contribution in [0.3, 0.4) is 0 Å². The molecule has 0 spiro atoms. The fourth-order valence-electron chi connectivity index (χ4n) is 2.76. The first-order valence-corrected chi connectivity index (χ1v) is 7.62. The number of aromatic nitrogens is 3. The van der Waals surface area contributed by atoms with Gasteiger partial charge in [0.1, 0.15) is 5.82 Å². The molecule has 1 fully saturated rings. The van der Waals surface area contributed by atoms with Crippen LogP contribution in [-0.2, 0) is 6.54 Å². The molecule has 1 unspecified atom stereocenters. The zero-order valence-electron chi connectivity index (χ0n) is 13.3. The van der Waals surface area contributed by atoms with E-state index < -0.39 is 0 Å². The predicted octanol–water partition coefficient (Wildman–Crippen LogP) is 1.73. The summed E-state index contributed by atoms with van der Waals surface area (Å²) in [7, 11) is 1.59. The van der Waals surface area contributed by atoms with E-state index in [4.69, 9.17) is 4.74 Å². The van der Waals surface area contributed by atoms with Crippen molar-refractivity contribution in [1.82, 2.24) is 19.9 Å². The molecule has 6 nitrogen and oxygen atoms in total. The van der Waals surface area contributed by atoms with Gasteiger partial charge in [0.25, 0.3) is 0 Å². The lowest BCUT2D eigenvalue weighted by molar-refractivity contribution is 0.178. The molecule has 122 valence electrons. The van der Waals surface area contributed by atoms with Crippen LogP contribution in [0.5, 0.6) is 5.88 Å². The summed E-state index contributed by atoms with van der Waals surface area (Å²) in [4.78, 5) is 16.9. The van der Waals surface area contributed by atoms with E-state index in [1.807, 2.05) is 0 Å². The van der Waals surface area contributed by atoms with Crippen molar-refractivity contribution in [3.05, 3.63) is 42.1 Å². The Bertz CT molecular complexity index is 668. The fourth-order valence-corrected chi connectivity index (χ4v) is 2.76. The Morgan fingerprint density at radius 2 is 2.17 bits per heavy atom. The van der Waals surface area contributed by atoms with Crippen molar-refractivity contribution < 1.29 is 9.13 Å². The number of pyridine rings is 1. The number of hydrogen-bond acceptors (Lipinski definition) is 6. The maximum Gasteiger partial charge on any atom is 0.228 e. The Hall–Kier alpha value is -2.28. The van der Waals surface area contributed by atoms with Gasteiger partial charge in [-0.3, -0.25) is 9.88 Å². The van der Waals surface area contributed by atoms with Gasteiger partial charge in [-0.25, -0.2) is 9.37 Å². The van der Waals surface area contributed by atoms with Gasteiger partial charge in [0.05, 0.1) is 13.3 Å². The Morgan fingerprint density at radius 3 is 2.91 bits per heavy atom. The Balaban J connectivity index is 1.66. The summed E-state index contributed by atoms with van der Waals surface area (Å²) in [6.07, 6.45) is 4.59. The molecule has 1 atom stereocenters. The van der Waals surface area contributed by atoms with Crippen molar-refractivity contribution in [3.8, 4) is 5.88 Å². The molecule has 0 aromatic carbocycles. The summed E-state index contributed by atoms with van der Waals surface area (Å²) >= 11 is 0. The molecule has 2 aromatic heterocycles. The number of anilines is 1. The molecule has 0 radical (unpaired) electrons. The van der Waals surface area contributed by atoms with Crippen LogP contribution in [0.2, 0.25) is 0 Å². The van der Waals surface area contributed by atoms with Gasteiger partial charge in [-0.1, -0.05) is 0 Å². The predicted molar refractivity (Wildman–Crippen MR) is 84.9 cm³/mol. The number of piperazine rings is 1. The van der Waals surface area contributed by atoms with Crippen molar-refractivity contribution in [3.63, 3.8) is 0 Å². The summed E-state index contributed by atoms with van der Waals surface area (Å²) in [6.45, 7) is 5.13. The van der Waals surface area contributed by atoms with E-state index in [0.29, 0.717) is 23.9 Å². The standard InChI is InChI=1S/C16H20FN5O/c1-12-10-22(16-19-6-4-15(20-16)23-2)8-7-21(12)11-13-3-5-18-9-14(13)17/h3-6,9,12H,7-8,10-11H2,1-2H3. The lowest BCUT2D eigenvalue weighted by Gasteiger charge is -2.39. The minimum absolute atomic E-state index is 0.252. The van der Waals surface area contributed by atoms with Crippen molar-refractivity contribution >= 4 is 5.95 Å². The molecular formula is C16H20FN5O. The summed E-state index contributed by atoms with van der Waals surface area (Å²) in [5.41, 5.74) is 0.679. The fraction of sp³-hybridized carbons (Fsp3) is 0.438. The van der Waals surface area contributed by atoms with Gasteiger partial charge in [-0.2, -0.15) is 4.98 Å². The van der Waals surface area contributed by atoms with E-state index >= 15 is 0 Å². The highest BCUT2D eigenvalue weighted by Gasteiger charge is 2.26. The molecule has 3 heterocycles. The average molecular weight is 317 g/mol. The number of methoxy groups -OCH3 is 1. The lowest BCUT2D eigenvalue weighted by Crippen LogP contribution is -2.52. The van der Waals surface area contributed by atoms with Crippen molar-refractivity contribution in [1.29, 1.82) is 0 Å².